The first kappa shape index (κ1) is 15.4. The fourth-order valence-electron chi connectivity index (χ4n) is 1.98. The highest BCUT2D eigenvalue weighted by Gasteiger charge is 2.19. The van der Waals surface area contributed by atoms with Gasteiger partial charge in [0.2, 0.25) is 10.0 Å². The van der Waals surface area contributed by atoms with E-state index in [9.17, 15) is 13.2 Å². The van der Waals surface area contributed by atoms with E-state index in [4.69, 9.17) is 9.88 Å². The minimum atomic E-state index is -3.87. The van der Waals surface area contributed by atoms with Crippen LogP contribution in [0.3, 0.4) is 0 Å². The van der Waals surface area contributed by atoms with E-state index in [1.54, 1.807) is 0 Å². The van der Waals surface area contributed by atoms with Gasteiger partial charge in [0, 0.05) is 23.2 Å². The second kappa shape index (κ2) is 6.21. The van der Waals surface area contributed by atoms with Crippen molar-refractivity contribution in [3.05, 3.63) is 28.2 Å². The number of carbonyl (C=O) groups is 1. The van der Waals surface area contributed by atoms with Gasteiger partial charge in [-0.15, -0.1) is 0 Å². The first-order chi connectivity index (χ1) is 9.38. The lowest BCUT2D eigenvalue weighted by molar-refractivity contribution is 0.0857. The van der Waals surface area contributed by atoms with Crippen LogP contribution in [0.1, 0.15) is 23.2 Å². The van der Waals surface area contributed by atoms with Gasteiger partial charge in [-0.25, -0.2) is 13.6 Å². The molecule has 3 N–H and O–H groups in total. The third-order valence-corrected chi connectivity index (χ3v) is 4.92. The smallest absolute Gasteiger partial charge is 0.251 e. The Morgan fingerprint density at radius 3 is 2.85 bits per heavy atom. The molecule has 0 radical (unpaired) electrons. The summed E-state index contributed by atoms with van der Waals surface area (Å²) < 4.78 is 28.5. The van der Waals surface area contributed by atoms with Crippen molar-refractivity contribution in [3.63, 3.8) is 0 Å². The zero-order chi connectivity index (χ0) is 14.8. The lowest BCUT2D eigenvalue weighted by Crippen LogP contribution is -2.31. The van der Waals surface area contributed by atoms with Crippen molar-refractivity contribution in [1.82, 2.24) is 5.32 Å². The monoisotopic (exact) mass is 362 g/mol. The van der Waals surface area contributed by atoms with E-state index < -0.39 is 10.0 Å². The maximum Gasteiger partial charge on any atom is 0.251 e. The lowest BCUT2D eigenvalue weighted by atomic mass is 10.2. The van der Waals surface area contributed by atoms with Crippen molar-refractivity contribution < 1.29 is 17.9 Å². The van der Waals surface area contributed by atoms with Gasteiger partial charge < -0.3 is 10.1 Å². The van der Waals surface area contributed by atoms with Crippen LogP contribution < -0.4 is 10.5 Å². The molecule has 110 valence electrons. The Kier molecular flexibility index (Phi) is 4.79. The first-order valence-corrected chi connectivity index (χ1v) is 8.44. The van der Waals surface area contributed by atoms with E-state index in [2.05, 4.69) is 21.2 Å². The van der Waals surface area contributed by atoms with Crippen molar-refractivity contribution in [1.29, 1.82) is 0 Å². The molecule has 1 aliphatic heterocycles. The number of ether oxygens (including phenoxy) is 1. The van der Waals surface area contributed by atoms with Crippen molar-refractivity contribution in [2.75, 3.05) is 13.2 Å². The van der Waals surface area contributed by atoms with Gasteiger partial charge >= 0.3 is 0 Å². The number of sulfonamides is 1. The molecule has 2 rings (SSSR count). The number of hydrogen-bond donors (Lipinski definition) is 2. The molecule has 1 amide bonds. The zero-order valence-electron chi connectivity index (χ0n) is 10.6. The molecular weight excluding hydrogens is 348 g/mol. The molecule has 0 saturated carbocycles. The molecule has 0 bridgehead atoms. The number of benzene rings is 1. The number of primary sulfonamides is 1. The third-order valence-electron chi connectivity index (χ3n) is 3.01. The van der Waals surface area contributed by atoms with E-state index in [1.165, 1.54) is 18.2 Å². The van der Waals surface area contributed by atoms with E-state index in [0.717, 1.165) is 12.8 Å². The summed E-state index contributed by atoms with van der Waals surface area (Å²) in [6, 6.07) is 4.27. The summed E-state index contributed by atoms with van der Waals surface area (Å²) in [7, 11) is -3.87. The second-order valence-electron chi connectivity index (χ2n) is 4.54. The number of carbonyl (C=O) groups excluding carboxylic acids is 1. The van der Waals surface area contributed by atoms with Gasteiger partial charge in [-0.2, -0.15) is 0 Å². The van der Waals surface area contributed by atoms with Crippen molar-refractivity contribution in [2.45, 2.75) is 23.8 Å². The Morgan fingerprint density at radius 1 is 1.50 bits per heavy atom. The highest BCUT2D eigenvalue weighted by Crippen LogP contribution is 2.22. The molecule has 1 atom stereocenters. The molecule has 20 heavy (non-hydrogen) atoms. The molecule has 1 unspecified atom stereocenters. The minimum Gasteiger partial charge on any atom is -0.376 e. The van der Waals surface area contributed by atoms with Gasteiger partial charge in [0.05, 0.1) is 11.0 Å². The topological polar surface area (TPSA) is 98.5 Å². The minimum absolute atomic E-state index is 0.0344. The Hall–Kier alpha value is -0.960. The van der Waals surface area contributed by atoms with Crippen LogP contribution in [-0.4, -0.2) is 33.6 Å². The van der Waals surface area contributed by atoms with Gasteiger partial charge in [0.25, 0.3) is 5.91 Å². The Morgan fingerprint density at radius 2 is 2.25 bits per heavy atom. The summed E-state index contributed by atoms with van der Waals surface area (Å²) in [5.41, 5.74) is 0.246. The van der Waals surface area contributed by atoms with Crippen molar-refractivity contribution in [2.24, 2.45) is 5.14 Å². The SMILES string of the molecule is NS(=O)(=O)c1cc(C(=O)NCC2CCCO2)ccc1Br. The molecule has 8 heteroatoms. The molecule has 1 saturated heterocycles. The van der Waals surface area contributed by atoms with Crippen LogP contribution in [0.2, 0.25) is 0 Å². The first-order valence-electron chi connectivity index (χ1n) is 6.10. The van der Waals surface area contributed by atoms with Crippen LogP contribution in [-0.2, 0) is 14.8 Å². The quantitative estimate of drug-likeness (QED) is 0.834. The fraction of sp³-hybridized carbons (Fsp3) is 0.417. The summed E-state index contributed by atoms with van der Waals surface area (Å²) in [6.07, 6.45) is 1.95. The molecule has 1 aliphatic rings. The maximum atomic E-state index is 12.0. The van der Waals surface area contributed by atoms with Crippen molar-refractivity contribution >= 4 is 31.9 Å². The van der Waals surface area contributed by atoms with Gasteiger partial charge in [-0.1, -0.05) is 0 Å². The Bertz CT molecular complexity index is 612. The highest BCUT2D eigenvalue weighted by atomic mass is 79.9. The summed E-state index contributed by atoms with van der Waals surface area (Å²) in [6.45, 7) is 1.13. The van der Waals surface area contributed by atoms with Crippen LogP contribution in [0, 0.1) is 0 Å². The van der Waals surface area contributed by atoms with E-state index in [0.29, 0.717) is 17.6 Å². The molecule has 1 fully saturated rings. The van der Waals surface area contributed by atoms with Gasteiger partial charge in [0.15, 0.2) is 0 Å². The molecule has 1 aromatic carbocycles. The average Bonchev–Trinajstić information content (AvgIpc) is 2.88. The van der Waals surface area contributed by atoms with E-state index in [-0.39, 0.29) is 22.5 Å². The summed E-state index contributed by atoms with van der Waals surface area (Å²) in [5.74, 6) is -0.349. The molecule has 6 nitrogen and oxygen atoms in total. The highest BCUT2D eigenvalue weighted by molar-refractivity contribution is 9.10. The van der Waals surface area contributed by atoms with E-state index >= 15 is 0 Å². The van der Waals surface area contributed by atoms with Crippen LogP contribution >= 0.6 is 15.9 Å². The Balaban J connectivity index is 2.10. The Labute approximate surface area is 125 Å². The lowest BCUT2D eigenvalue weighted by Gasteiger charge is -2.11. The summed E-state index contributed by atoms with van der Waals surface area (Å²) >= 11 is 3.10. The third kappa shape index (κ3) is 3.78. The van der Waals surface area contributed by atoms with Crippen LogP contribution in [0.5, 0.6) is 0 Å². The predicted molar refractivity (Wildman–Crippen MR) is 76.8 cm³/mol. The number of hydrogen-bond acceptors (Lipinski definition) is 4. The molecule has 1 heterocycles. The zero-order valence-corrected chi connectivity index (χ0v) is 13.0. The van der Waals surface area contributed by atoms with Gasteiger partial charge in [-0.3, -0.25) is 4.79 Å². The fourth-order valence-corrected chi connectivity index (χ4v) is 3.53. The normalized spacial score (nSPS) is 19.0. The maximum absolute atomic E-state index is 12.0. The van der Waals surface area contributed by atoms with Crippen LogP contribution in [0.15, 0.2) is 27.6 Å². The molecule has 0 spiro atoms. The number of rotatable bonds is 4. The largest absolute Gasteiger partial charge is 0.376 e. The van der Waals surface area contributed by atoms with E-state index in [1.807, 2.05) is 0 Å². The molecule has 1 aromatic rings. The number of nitrogens with one attached hydrogen (secondary N) is 1. The standard InChI is InChI=1S/C12H15BrN2O4S/c13-10-4-3-8(6-11(10)20(14,17)18)12(16)15-7-9-2-1-5-19-9/h3-4,6,9H,1-2,5,7H2,(H,15,16)(H2,14,17,18). The van der Waals surface area contributed by atoms with Gasteiger partial charge in [0.1, 0.15) is 0 Å². The molecular formula is C12H15BrN2O4S. The van der Waals surface area contributed by atoms with Crippen LogP contribution in [0.4, 0.5) is 0 Å². The number of halogens is 1. The molecule has 0 aliphatic carbocycles. The predicted octanol–water partition coefficient (Wildman–Crippen LogP) is 1.01. The second-order valence-corrected chi connectivity index (χ2v) is 6.92. The number of amides is 1. The molecule has 0 aromatic heterocycles. The van der Waals surface area contributed by atoms with Gasteiger partial charge in [-0.05, 0) is 47.0 Å². The summed E-state index contributed by atoms with van der Waals surface area (Å²) in [4.78, 5) is 11.9. The van der Waals surface area contributed by atoms with Crippen molar-refractivity contribution in [3.8, 4) is 0 Å². The van der Waals surface area contributed by atoms with Crippen LogP contribution in [0.25, 0.3) is 0 Å². The average molecular weight is 363 g/mol. The summed E-state index contributed by atoms with van der Waals surface area (Å²) in [5, 5.41) is 7.81. The number of nitrogens with two attached hydrogens (primary N) is 1.